The number of fused-ring (bicyclic) bond motifs is 1. The quantitative estimate of drug-likeness (QED) is 0.618. The van der Waals surface area contributed by atoms with Crippen LogP contribution in [0.2, 0.25) is 5.02 Å². The minimum Gasteiger partial charge on any atom is -0.492 e. The van der Waals surface area contributed by atoms with Crippen LogP contribution in [0.5, 0.6) is 5.75 Å². The number of benzene rings is 2. The lowest BCUT2D eigenvalue weighted by atomic mass is 10.0. The molecule has 0 atom stereocenters. The summed E-state index contributed by atoms with van der Waals surface area (Å²) in [4.78, 5) is 15.6. The Hall–Kier alpha value is -2.50. The lowest BCUT2D eigenvalue weighted by molar-refractivity contribution is 0.00719. The fraction of sp³-hybridized carbons (Fsp3) is 0.286. The molecule has 1 aromatic heterocycles. The average molecular weight is 387 g/mol. The number of carbonyl (C=O) groups is 1. The van der Waals surface area contributed by atoms with Crippen molar-refractivity contribution in [3.05, 3.63) is 53.2 Å². The Kier molecular flexibility index (Phi) is 5.44. The normalized spacial score (nSPS) is 11.6. The molecule has 0 aliphatic rings. The number of nitrogens with one attached hydrogen (secondary N) is 1. The first-order valence-electron chi connectivity index (χ1n) is 8.76. The van der Waals surface area contributed by atoms with Crippen LogP contribution in [0, 0.1) is 0 Å². The maximum absolute atomic E-state index is 12.5. The molecular formula is C21H23ClN2O3. The van der Waals surface area contributed by atoms with Crippen LogP contribution in [-0.4, -0.2) is 29.7 Å². The number of H-pyrrole nitrogens is 1. The summed E-state index contributed by atoms with van der Waals surface area (Å²) >= 11 is 6.47. The van der Waals surface area contributed by atoms with Crippen LogP contribution in [-0.2, 0) is 4.74 Å². The maximum atomic E-state index is 12.5. The first kappa shape index (κ1) is 19.3. The number of hydrogen-bond acceptors (Lipinski definition) is 4. The predicted octanol–water partition coefficient (Wildman–Crippen LogP) is 4.78. The van der Waals surface area contributed by atoms with Crippen molar-refractivity contribution in [2.75, 3.05) is 13.2 Å². The molecule has 0 fully saturated rings. The van der Waals surface area contributed by atoms with Crippen LogP contribution in [0.3, 0.4) is 0 Å². The van der Waals surface area contributed by atoms with Gasteiger partial charge in [0, 0.05) is 29.2 Å². The van der Waals surface area contributed by atoms with E-state index in [9.17, 15) is 4.79 Å². The van der Waals surface area contributed by atoms with Gasteiger partial charge in [0.25, 0.3) is 0 Å². The first-order chi connectivity index (χ1) is 12.8. The molecular weight excluding hydrogens is 364 g/mol. The van der Waals surface area contributed by atoms with E-state index in [-0.39, 0.29) is 5.97 Å². The van der Waals surface area contributed by atoms with Crippen LogP contribution in [0.1, 0.15) is 31.1 Å². The van der Waals surface area contributed by atoms with Gasteiger partial charge in [0.2, 0.25) is 0 Å². The van der Waals surface area contributed by atoms with Crippen LogP contribution in [0.15, 0.2) is 42.6 Å². The predicted molar refractivity (Wildman–Crippen MR) is 108 cm³/mol. The van der Waals surface area contributed by atoms with Gasteiger partial charge in [-0.1, -0.05) is 23.7 Å². The Labute approximate surface area is 163 Å². The standard InChI is InChI=1S/C21H23ClN2O3/c1-21(2,3)27-20(25)17-12-24-19-11-18(22)15(10-16(17)19)13-4-6-14(7-5-13)26-9-8-23/h4-7,10-12,24H,8-9,23H2,1-3H3. The number of aromatic nitrogens is 1. The molecule has 3 aromatic rings. The van der Waals surface area contributed by atoms with Gasteiger partial charge in [-0.25, -0.2) is 4.79 Å². The Balaban J connectivity index is 1.98. The third kappa shape index (κ3) is 4.43. The summed E-state index contributed by atoms with van der Waals surface area (Å²) in [5, 5.41) is 1.36. The zero-order valence-electron chi connectivity index (χ0n) is 15.6. The Morgan fingerprint density at radius 2 is 1.89 bits per heavy atom. The lowest BCUT2D eigenvalue weighted by Crippen LogP contribution is -2.23. The highest BCUT2D eigenvalue weighted by Gasteiger charge is 2.21. The third-order valence-electron chi connectivity index (χ3n) is 3.94. The van der Waals surface area contributed by atoms with Gasteiger partial charge in [-0.05, 0) is 50.6 Å². The van der Waals surface area contributed by atoms with Crippen molar-refractivity contribution in [1.29, 1.82) is 0 Å². The third-order valence-corrected chi connectivity index (χ3v) is 4.25. The van der Waals surface area contributed by atoms with Crippen molar-refractivity contribution in [1.82, 2.24) is 4.98 Å². The molecule has 0 radical (unpaired) electrons. The zero-order valence-corrected chi connectivity index (χ0v) is 16.4. The van der Waals surface area contributed by atoms with Gasteiger partial charge in [0.05, 0.1) is 10.6 Å². The molecule has 0 amide bonds. The number of carbonyl (C=O) groups excluding carboxylic acids is 1. The summed E-state index contributed by atoms with van der Waals surface area (Å²) in [6.45, 7) is 6.46. The monoisotopic (exact) mass is 386 g/mol. The fourth-order valence-electron chi connectivity index (χ4n) is 2.77. The molecule has 1 heterocycles. The fourth-order valence-corrected chi connectivity index (χ4v) is 3.05. The van der Waals surface area contributed by atoms with E-state index >= 15 is 0 Å². The summed E-state index contributed by atoms with van der Waals surface area (Å²) in [5.41, 5.74) is 7.93. The van der Waals surface area contributed by atoms with Crippen molar-refractivity contribution in [2.24, 2.45) is 5.73 Å². The van der Waals surface area contributed by atoms with E-state index in [0.29, 0.717) is 23.7 Å². The summed E-state index contributed by atoms with van der Waals surface area (Å²) < 4.78 is 11.0. The van der Waals surface area contributed by atoms with Gasteiger partial charge in [0.15, 0.2) is 0 Å². The van der Waals surface area contributed by atoms with Crippen LogP contribution < -0.4 is 10.5 Å². The average Bonchev–Trinajstić information content (AvgIpc) is 3.01. The van der Waals surface area contributed by atoms with Gasteiger partial charge < -0.3 is 20.2 Å². The Morgan fingerprint density at radius 3 is 2.52 bits per heavy atom. The number of nitrogens with two attached hydrogens (primary N) is 1. The minimum atomic E-state index is -0.560. The second kappa shape index (κ2) is 7.62. The number of aromatic amines is 1. The zero-order chi connectivity index (χ0) is 19.6. The Morgan fingerprint density at radius 1 is 1.19 bits per heavy atom. The molecule has 0 saturated carbocycles. The van der Waals surface area contributed by atoms with Crippen LogP contribution in [0.25, 0.3) is 22.0 Å². The molecule has 142 valence electrons. The largest absolute Gasteiger partial charge is 0.492 e. The highest BCUT2D eigenvalue weighted by atomic mass is 35.5. The smallest absolute Gasteiger partial charge is 0.340 e. The molecule has 0 saturated heterocycles. The highest BCUT2D eigenvalue weighted by molar-refractivity contribution is 6.34. The topological polar surface area (TPSA) is 77.3 Å². The molecule has 3 N–H and O–H groups in total. The van der Waals surface area contributed by atoms with Crippen molar-refractivity contribution in [3.8, 4) is 16.9 Å². The number of ether oxygens (including phenoxy) is 2. The van der Waals surface area contributed by atoms with Crippen molar-refractivity contribution in [2.45, 2.75) is 26.4 Å². The van der Waals surface area contributed by atoms with Crippen molar-refractivity contribution < 1.29 is 14.3 Å². The van der Waals surface area contributed by atoms with Crippen molar-refractivity contribution in [3.63, 3.8) is 0 Å². The lowest BCUT2D eigenvalue weighted by Gasteiger charge is -2.19. The van der Waals surface area contributed by atoms with Crippen molar-refractivity contribution >= 4 is 28.5 Å². The molecule has 0 spiro atoms. The van der Waals surface area contributed by atoms with E-state index in [1.165, 1.54) is 0 Å². The highest BCUT2D eigenvalue weighted by Crippen LogP contribution is 2.34. The molecule has 0 aliphatic carbocycles. The second-order valence-electron chi connectivity index (χ2n) is 7.24. The second-order valence-corrected chi connectivity index (χ2v) is 7.65. The maximum Gasteiger partial charge on any atom is 0.340 e. The number of rotatable bonds is 5. The van der Waals surface area contributed by atoms with E-state index in [1.54, 1.807) is 6.20 Å². The van der Waals surface area contributed by atoms with Gasteiger partial charge >= 0.3 is 5.97 Å². The molecule has 6 heteroatoms. The van der Waals surface area contributed by atoms with E-state index < -0.39 is 5.60 Å². The number of esters is 1. The van der Waals surface area contributed by atoms with Gasteiger partial charge in [-0.2, -0.15) is 0 Å². The molecule has 0 aliphatic heterocycles. The van der Waals surface area contributed by atoms with Gasteiger partial charge in [-0.3, -0.25) is 0 Å². The molecule has 0 unspecified atom stereocenters. The summed E-state index contributed by atoms with van der Waals surface area (Å²) in [7, 11) is 0. The summed E-state index contributed by atoms with van der Waals surface area (Å²) in [6.07, 6.45) is 1.66. The molecule has 3 rings (SSSR count). The summed E-state index contributed by atoms with van der Waals surface area (Å²) in [6, 6.07) is 11.3. The molecule has 27 heavy (non-hydrogen) atoms. The number of hydrogen-bond donors (Lipinski definition) is 2. The van der Waals surface area contributed by atoms with Crippen LogP contribution in [0.4, 0.5) is 0 Å². The van der Waals surface area contributed by atoms with E-state index in [2.05, 4.69) is 4.98 Å². The van der Waals surface area contributed by atoms with E-state index in [4.69, 9.17) is 26.8 Å². The van der Waals surface area contributed by atoms with E-state index in [1.807, 2.05) is 57.2 Å². The van der Waals surface area contributed by atoms with Gasteiger partial charge in [-0.15, -0.1) is 0 Å². The Bertz CT molecular complexity index is 956. The SMILES string of the molecule is CC(C)(C)OC(=O)c1c[nH]c2cc(Cl)c(-c3ccc(OCCN)cc3)cc12. The van der Waals surface area contributed by atoms with Crippen LogP contribution >= 0.6 is 11.6 Å². The van der Waals surface area contributed by atoms with Gasteiger partial charge in [0.1, 0.15) is 18.0 Å². The molecule has 0 bridgehead atoms. The summed E-state index contributed by atoms with van der Waals surface area (Å²) in [5.74, 6) is 0.380. The number of halogens is 1. The van der Waals surface area contributed by atoms with E-state index in [0.717, 1.165) is 27.8 Å². The molecule has 2 aromatic carbocycles. The molecule has 5 nitrogen and oxygen atoms in total. The first-order valence-corrected chi connectivity index (χ1v) is 9.13. The minimum absolute atomic E-state index is 0.368.